The van der Waals surface area contributed by atoms with Crippen molar-refractivity contribution >= 4 is 11.7 Å². The predicted molar refractivity (Wildman–Crippen MR) is 129 cm³/mol. The molecule has 0 aliphatic carbocycles. The Hall–Kier alpha value is -3.91. The molecule has 0 fully saturated rings. The quantitative estimate of drug-likeness (QED) is 0.459. The van der Waals surface area contributed by atoms with Crippen LogP contribution < -0.4 is 4.90 Å². The fourth-order valence-corrected chi connectivity index (χ4v) is 4.22. The summed E-state index contributed by atoms with van der Waals surface area (Å²) in [6.45, 7) is 4.77. The molecule has 1 N–H and O–H groups in total. The summed E-state index contributed by atoms with van der Waals surface area (Å²) in [7, 11) is 0. The molecular formula is C26H26N6O2. The fourth-order valence-electron chi connectivity index (χ4n) is 4.22. The molecule has 0 saturated heterocycles. The van der Waals surface area contributed by atoms with Crippen molar-refractivity contribution < 1.29 is 9.90 Å². The summed E-state index contributed by atoms with van der Waals surface area (Å²) in [4.78, 5) is 24.0. The van der Waals surface area contributed by atoms with Gasteiger partial charge in [0.1, 0.15) is 5.82 Å². The van der Waals surface area contributed by atoms with E-state index in [1.807, 2.05) is 42.5 Å². The number of amides is 1. The van der Waals surface area contributed by atoms with Crippen LogP contribution in [0.15, 0.2) is 60.9 Å². The molecule has 8 heteroatoms. The normalized spacial score (nSPS) is 13.1. The van der Waals surface area contributed by atoms with E-state index < -0.39 is 0 Å². The Morgan fingerprint density at radius 2 is 1.88 bits per heavy atom. The van der Waals surface area contributed by atoms with Gasteiger partial charge in [-0.05, 0) is 29.2 Å². The largest absolute Gasteiger partial charge is 0.396 e. The van der Waals surface area contributed by atoms with Crippen molar-refractivity contribution in [1.82, 2.24) is 25.0 Å². The molecule has 0 atom stereocenters. The van der Waals surface area contributed by atoms with Gasteiger partial charge in [0.2, 0.25) is 5.91 Å². The number of carbonyl (C=O) groups excluding carboxylic acids is 1. The molecule has 0 bridgehead atoms. The maximum Gasteiger partial charge on any atom is 0.233 e. The minimum Gasteiger partial charge on any atom is -0.396 e. The lowest BCUT2D eigenvalue weighted by Crippen LogP contribution is -2.26. The lowest BCUT2D eigenvalue weighted by molar-refractivity contribution is -0.117. The van der Waals surface area contributed by atoms with E-state index in [0.717, 1.165) is 28.1 Å². The van der Waals surface area contributed by atoms with Crippen molar-refractivity contribution in [2.24, 2.45) is 0 Å². The Bertz CT molecular complexity index is 1330. The van der Waals surface area contributed by atoms with E-state index in [9.17, 15) is 4.79 Å². The zero-order valence-corrected chi connectivity index (χ0v) is 19.2. The number of aliphatic hydroxyl groups is 1. The summed E-state index contributed by atoms with van der Waals surface area (Å²) in [5.41, 5.74) is 5.63. The highest BCUT2D eigenvalue weighted by Crippen LogP contribution is 2.32. The summed E-state index contributed by atoms with van der Waals surface area (Å²) >= 11 is 0. The fraction of sp³-hybridized carbons (Fsp3) is 0.269. The van der Waals surface area contributed by atoms with Gasteiger partial charge in [-0.15, -0.1) is 5.10 Å². The molecule has 3 heterocycles. The zero-order chi connectivity index (χ0) is 23.7. The minimum atomic E-state index is 0.0209. The monoisotopic (exact) mass is 454 g/mol. The number of rotatable bonds is 7. The molecule has 172 valence electrons. The molecule has 8 nitrogen and oxygen atoms in total. The van der Waals surface area contributed by atoms with Crippen LogP contribution in [0.1, 0.15) is 42.1 Å². The number of nitrogens with zero attached hydrogens (tertiary/aromatic N) is 6. The van der Waals surface area contributed by atoms with Gasteiger partial charge in [0.05, 0.1) is 30.5 Å². The maximum absolute atomic E-state index is 12.8. The first kappa shape index (κ1) is 21.9. The van der Waals surface area contributed by atoms with Gasteiger partial charge in [-0.25, -0.2) is 14.6 Å². The van der Waals surface area contributed by atoms with E-state index in [1.165, 1.54) is 5.56 Å². The summed E-state index contributed by atoms with van der Waals surface area (Å²) in [5, 5.41) is 17.2. The molecule has 1 amide bonds. The molecule has 1 aliphatic rings. The van der Waals surface area contributed by atoms with Gasteiger partial charge in [-0.1, -0.05) is 55.5 Å². The molecule has 0 spiro atoms. The highest BCUT2D eigenvalue weighted by atomic mass is 16.3. The molecule has 5 rings (SSSR count). The van der Waals surface area contributed by atoms with E-state index in [0.29, 0.717) is 36.9 Å². The SMILES string of the molecule is CC(C)c1ccccc1-c1ncc2c(n1)N(Cc1ccc(-n3cc(CCO)nn3)cc1)C(=O)C2. The number of benzene rings is 2. The van der Waals surface area contributed by atoms with Crippen LogP contribution in [-0.2, 0) is 24.2 Å². The van der Waals surface area contributed by atoms with Crippen LogP contribution in [0.4, 0.5) is 5.82 Å². The Balaban J connectivity index is 1.40. The molecular weight excluding hydrogens is 428 g/mol. The molecule has 1 aliphatic heterocycles. The Kier molecular flexibility index (Phi) is 5.90. The van der Waals surface area contributed by atoms with Crippen molar-refractivity contribution in [1.29, 1.82) is 0 Å². The first-order valence-electron chi connectivity index (χ1n) is 11.4. The third-order valence-electron chi connectivity index (χ3n) is 6.01. The lowest BCUT2D eigenvalue weighted by Gasteiger charge is -2.18. The molecule has 4 aromatic rings. The van der Waals surface area contributed by atoms with Crippen molar-refractivity contribution in [2.75, 3.05) is 11.5 Å². The molecule has 34 heavy (non-hydrogen) atoms. The number of hydrogen-bond donors (Lipinski definition) is 1. The number of aromatic nitrogens is 5. The van der Waals surface area contributed by atoms with E-state index >= 15 is 0 Å². The smallest absolute Gasteiger partial charge is 0.233 e. The third-order valence-corrected chi connectivity index (χ3v) is 6.01. The topological polar surface area (TPSA) is 97.0 Å². The molecule has 2 aromatic heterocycles. The Morgan fingerprint density at radius 3 is 2.65 bits per heavy atom. The predicted octanol–water partition coefficient (Wildman–Crippen LogP) is 3.47. The average molecular weight is 455 g/mol. The van der Waals surface area contributed by atoms with Crippen LogP contribution in [0.25, 0.3) is 17.1 Å². The van der Waals surface area contributed by atoms with Gasteiger partial charge in [-0.3, -0.25) is 9.69 Å². The number of aliphatic hydroxyl groups excluding tert-OH is 1. The van der Waals surface area contributed by atoms with Gasteiger partial charge in [-0.2, -0.15) is 0 Å². The number of hydrogen-bond acceptors (Lipinski definition) is 6. The highest BCUT2D eigenvalue weighted by Gasteiger charge is 2.30. The van der Waals surface area contributed by atoms with Crippen LogP contribution in [0.3, 0.4) is 0 Å². The van der Waals surface area contributed by atoms with E-state index in [1.54, 1.807) is 22.0 Å². The molecule has 0 saturated carbocycles. The Labute approximate surface area is 197 Å². The maximum atomic E-state index is 12.8. The van der Waals surface area contributed by atoms with Crippen LogP contribution >= 0.6 is 0 Å². The van der Waals surface area contributed by atoms with Crippen molar-refractivity contribution in [3.8, 4) is 17.1 Å². The van der Waals surface area contributed by atoms with Gasteiger partial charge in [0, 0.05) is 30.4 Å². The summed E-state index contributed by atoms with van der Waals surface area (Å²) in [6.07, 6.45) is 4.37. The summed E-state index contributed by atoms with van der Waals surface area (Å²) < 4.78 is 1.68. The summed E-state index contributed by atoms with van der Waals surface area (Å²) in [6, 6.07) is 16.0. The molecule has 2 aromatic carbocycles. The summed E-state index contributed by atoms with van der Waals surface area (Å²) in [5.74, 6) is 1.69. The second-order valence-electron chi connectivity index (χ2n) is 8.74. The van der Waals surface area contributed by atoms with Crippen molar-refractivity contribution in [3.63, 3.8) is 0 Å². The number of carbonyl (C=O) groups is 1. The minimum absolute atomic E-state index is 0.0209. The van der Waals surface area contributed by atoms with Crippen molar-refractivity contribution in [2.45, 2.75) is 39.2 Å². The molecule has 0 unspecified atom stereocenters. The van der Waals surface area contributed by atoms with Crippen LogP contribution in [0.5, 0.6) is 0 Å². The van der Waals surface area contributed by atoms with Gasteiger partial charge >= 0.3 is 0 Å². The van der Waals surface area contributed by atoms with E-state index in [2.05, 4.69) is 35.2 Å². The van der Waals surface area contributed by atoms with E-state index in [-0.39, 0.29) is 12.5 Å². The van der Waals surface area contributed by atoms with E-state index in [4.69, 9.17) is 10.1 Å². The van der Waals surface area contributed by atoms with Crippen LogP contribution in [0.2, 0.25) is 0 Å². The first-order valence-corrected chi connectivity index (χ1v) is 11.4. The van der Waals surface area contributed by atoms with Crippen molar-refractivity contribution in [3.05, 3.63) is 83.3 Å². The Morgan fingerprint density at radius 1 is 1.09 bits per heavy atom. The second-order valence-corrected chi connectivity index (χ2v) is 8.74. The first-order chi connectivity index (χ1) is 16.5. The highest BCUT2D eigenvalue weighted by molar-refractivity contribution is 6.00. The standard InChI is InChI=1S/C26H26N6O2/c1-17(2)22-5-3-4-6-23(22)25-27-14-19-13-24(34)31(26(19)28-25)15-18-7-9-21(10-8-18)32-16-20(11-12-33)29-30-32/h3-10,14,16-17,33H,11-13,15H2,1-2H3. The van der Waals surface area contributed by atoms with Crippen LogP contribution in [-0.4, -0.2) is 42.6 Å². The van der Waals surface area contributed by atoms with Gasteiger partial charge < -0.3 is 5.11 Å². The number of anilines is 1. The number of fused-ring (bicyclic) bond motifs is 1. The van der Waals surface area contributed by atoms with Gasteiger partial charge in [0.15, 0.2) is 5.82 Å². The van der Waals surface area contributed by atoms with Gasteiger partial charge in [0.25, 0.3) is 0 Å². The average Bonchev–Trinajstić information content (AvgIpc) is 3.44. The zero-order valence-electron chi connectivity index (χ0n) is 19.2. The van der Waals surface area contributed by atoms with Crippen LogP contribution in [0, 0.1) is 0 Å². The third kappa shape index (κ3) is 4.20. The second kappa shape index (κ2) is 9.15. The molecule has 0 radical (unpaired) electrons. The lowest BCUT2D eigenvalue weighted by atomic mass is 9.97.